The number of methoxy groups -OCH3 is 1. The Morgan fingerprint density at radius 1 is 1.35 bits per heavy atom. The minimum absolute atomic E-state index is 0.158. The molecule has 5 nitrogen and oxygen atoms in total. The minimum atomic E-state index is -0.357. The number of oxazole rings is 1. The molecule has 132 valence electrons. The lowest BCUT2D eigenvalue weighted by molar-refractivity contribution is 0.102. The Hall–Kier alpha value is -2.77. The Morgan fingerprint density at radius 3 is 3.00 bits per heavy atom. The van der Waals surface area contributed by atoms with Crippen molar-refractivity contribution < 1.29 is 18.3 Å². The summed E-state index contributed by atoms with van der Waals surface area (Å²) in [6.07, 6.45) is 0. The Morgan fingerprint density at radius 2 is 2.19 bits per heavy atom. The zero-order valence-corrected chi connectivity index (χ0v) is 14.9. The zero-order chi connectivity index (χ0) is 18.3. The molecule has 1 N–H and O–H groups in total. The number of halogens is 1. The van der Waals surface area contributed by atoms with Crippen molar-refractivity contribution in [2.45, 2.75) is 13.5 Å². The molecule has 4 rings (SSSR count). The number of hydrogen-bond donors (Lipinski definition) is 1. The summed E-state index contributed by atoms with van der Waals surface area (Å²) in [5, 5.41) is 3.29. The summed E-state index contributed by atoms with van der Waals surface area (Å²) >= 11 is 1.25. The number of carbonyl (C=O) groups excluding carboxylic acids is 1. The van der Waals surface area contributed by atoms with E-state index in [1.807, 2.05) is 0 Å². The van der Waals surface area contributed by atoms with Gasteiger partial charge in [-0.05, 0) is 30.3 Å². The first-order valence-corrected chi connectivity index (χ1v) is 8.76. The van der Waals surface area contributed by atoms with Gasteiger partial charge in [0.1, 0.15) is 11.3 Å². The van der Waals surface area contributed by atoms with Gasteiger partial charge in [-0.2, -0.15) is 0 Å². The number of fused-ring (bicyclic) bond motifs is 2. The summed E-state index contributed by atoms with van der Waals surface area (Å²) in [5.74, 6) is -0.104. The van der Waals surface area contributed by atoms with Crippen molar-refractivity contribution in [2.24, 2.45) is 0 Å². The molecule has 0 saturated carbocycles. The maximum atomic E-state index is 14.3. The molecule has 0 spiro atoms. The SMILES string of the molecule is COCc1c(C(=O)Nc2ccc3oc(C)nc3c2)sc2cccc(F)c12. The van der Waals surface area contributed by atoms with E-state index in [-0.39, 0.29) is 18.3 Å². The van der Waals surface area contributed by atoms with Crippen LogP contribution in [-0.4, -0.2) is 18.0 Å². The van der Waals surface area contributed by atoms with E-state index in [0.717, 1.165) is 0 Å². The number of hydrogen-bond acceptors (Lipinski definition) is 5. The Bertz CT molecular complexity index is 1130. The average molecular weight is 370 g/mol. The fourth-order valence-electron chi connectivity index (χ4n) is 2.94. The summed E-state index contributed by atoms with van der Waals surface area (Å²) in [6, 6.07) is 10.1. The number of amides is 1. The predicted octanol–water partition coefficient (Wildman–Crippen LogP) is 4.89. The molecule has 0 aliphatic heterocycles. The van der Waals surface area contributed by atoms with E-state index >= 15 is 0 Å². The molecule has 0 unspecified atom stereocenters. The third kappa shape index (κ3) is 2.85. The summed E-state index contributed by atoms with van der Waals surface area (Å²) in [7, 11) is 1.52. The van der Waals surface area contributed by atoms with Crippen LogP contribution in [0.1, 0.15) is 21.1 Å². The number of thiophene rings is 1. The van der Waals surface area contributed by atoms with Gasteiger partial charge in [-0.3, -0.25) is 4.79 Å². The lowest BCUT2D eigenvalue weighted by Crippen LogP contribution is -2.12. The van der Waals surface area contributed by atoms with E-state index < -0.39 is 0 Å². The number of benzene rings is 2. The number of rotatable bonds is 4. The van der Waals surface area contributed by atoms with E-state index in [9.17, 15) is 9.18 Å². The van der Waals surface area contributed by atoms with Crippen LogP contribution in [0.5, 0.6) is 0 Å². The van der Waals surface area contributed by atoms with Crippen molar-refractivity contribution in [3.8, 4) is 0 Å². The number of carbonyl (C=O) groups is 1. The molecular weight excluding hydrogens is 355 g/mol. The first-order chi connectivity index (χ1) is 12.6. The van der Waals surface area contributed by atoms with Gasteiger partial charge in [0.2, 0.25) is 0 Å². The zero-order valence-electron chi connectivity index (χ0n) is 14.1. The van der Waals surface area contributed by atoms with Gasteiger partial charge in [0, 0.05) is 35.4 Å². The summed E-state index contributed by atoms with van der Waals surface area (Å²) in [4.78, 5) is 17.5. The molecule has 2 aromatic heterocycles. The maximum absolute atomic E-state index is 14.3. The third-order valence-corrected chi connectivity index (χ3v) is 5.21. The molecule has 0 bridgehead atoms. The van der Waals surface area contributed by atoms with Crippen LogP contribution in [0.3, 0.4) is 0 Å². The number of aryl methyl sites for hydroxylation is 1. The molecule has 0 radical (unpaired) electrons. The van der Waals surface area contributed by atoms with Crippen LogP contribution in [0.15, 0.2) is 40.8 Å². The van der Waals surface area contributed by atoms with Crippen molar-refractivity contribution in [2.75, 3.05) is 12.4 Å². The molecule has 0 atom stereocenters. The van der Waals surface area contributed by atoms with Crippen molar-refractivity contribution >= 4 is 44.1 Å². The van der Waals surface area contributed by atoms with E-state index in [0.29, 0.717) is 43.2 Å². The standard InChI is InChI=1S/C19H15FN2O3S/c1-10-21-14-8-11(6-7-15(14)25-10)22-19(23)18-12(9-24-2)17-13(20)4-3-5-16(17)26-18/h3-8H,9H2,1-2H3,(H,22,23). The highest BCUT2D eigenvalue weighted by Crippen LogP contribution is 2.34. The van der Waals surface area contributed by atoms with Crippen molar-refractivity contribution in [3.05, 3.63) is 58.5 Å². The molecule has 4 aromatic rings. The van der Waals surface area contributed by atoms with E-state index in [4.69, 9.17) is 9.15 Å². The van der Waals surface area contributed by atoms with Crippen molar-refractivity contribution in [1.82, 2.24) is 4.98 Å². The molecule has 7 heteroatoms. The Balaban J connectivity index is 1.72. The molecule has 1 amide bonds. The molecular formula is C19H15FN2O3S. The second kappa shape index (κ2) is 6.51. The van der Waals surface area contributed by atoms with Crippen LogP contribution >= 0.6 is 11.3 Å². The van der Waals surface area contributed by atoms with Gasteiger partial charge in [0.25, 0.3) is 5.91 Å². The molecule has 0 aliphatic rings. The summed E-state index contributed by atoms with van der Waals surface area (Å²) < 4.78 is 25.6. The lowest BCUT2D eigenvalue weighted by atomic mass is 10.1. The van der Waals surface area contributed by atoms with Gasteiger partial charge in [0.15, 0.2) is 11.5 Å². The highest BCUT2D eigenvalue weighted by atomic mass is 32.1. The second-order valence-corrected chi connectivity index (χ2v) is 6.88. The lowest BCUT2D eigenvalue weighted by Gasteiger charge is -2.06. The average Bonchev–Trinajstić information content (AvgIpc) is 3.15. The van der Waals surface area contributed by atoms with Gasteiger partial charge in [-0.15, -0.1) is 11.3 Å². The monoisotopic (exact) mass is 370 g/mol. The van der Waals surface area contributed by atoms with Crippen LogP contribution in [0.25, 0.3) is 21.2 Å². The summed E-state index contributed by atoms with van der Waals surface area (Å²) in [6.45, 7) is 1.92. The van der Waals surface area contributed by atoms with Gasteiger partial charge >= 0.3 is 0 Å². The van der Waals surface area contributed by atoms with Crippen molar-refractivity contribution in [3.63, 3.8) is 0 Å². The number of anilines is 1. The van der Waals surface area contributed by atoms with Crippen LogP contribution in [0.2, 0.25) is 0 Å². The topological polar surface area (TPSA) is 64.4 Å². The van der Waals surface area contributed by atoms with Gasteiger partial charge < -0.3 is 14.5 Å². The molecule has 26 heavy (non-hydrogen) atoms. The van der Waals surface area contributed by atoms with Gasteiger partial charge in [-0.1, -0.05) is 6.07 Å². The largest absolute Gasteiger partial charge is 0.441 e. The molecule has 0 aliphatic carbocycles. The molecule has 0 saturated heterocycles. The minimum Gasteiger partial charge on any atom is -0.441 e. The smallest absolute Gasteiger partial charge is 0.266 e. The van der Waals surface area contributed by atoms with E-state index in [1.165, 1.54) is 24.5 Å². The Kier molecular flexibility index (Phi) is 4.18. The number of nitrogens with zero attached hydrogens (tertiary/aromatic N) is 1. The Labute approximate surface area is 152 Å². The highest BCUT2D eigenvalue weighted by Gasteiger charge is 2.21. The number of nitrogens with one attached hydrogen (secondary N) is 1. The quantitative estimate of drug-likeness (QED) is 0.556. The van der Waals surface area contributed by atoms with Crippen LogP contribution in [0, 0.1) is 12.7 Å². The fraction of sp³-hybridized carbons (Fsp3) is 0.158. The summed E-state index contributed by atoms with van der Waals surface area (Å²) in [5.41, 5.74) is 2.47. The second-order valence-electron chi connectivity index (χ2n) is 5.83. The first kappa shape index (κ1) is 16.7. The predicted molar refractivity (Wildman–Crippen MR) is 99.2 cm³/mol. The fourth-order valence-corrected chi connectivity index (χ4v) is 4.06. The van der Waals surface area contributed by atoms with Crippen LogP contribution < -0.4 is 5.32 Å². The van der Waals surface area contributed by atoms with Crippen LogP contribution in [-0.2, 0) is 11.3 Å². The van der Waals surface area contributed by atoms with Crippen LogP contribution in [0.4, 0.5) is 10.1 Å². The van der Waals surface area contributed by atoms with Crippen molar-refractivity contribution in [1.29, 1.82) is 0 Å². The first-order valence-electron chi connectivity index (χ1n) is 7.94. The number of ether oxygens (including phenoxy) is 1. The molecule has 2 heterocycles. The number of aromatic nitrogens is 1. The normalized spacial score (nSPS) is 11.3. The van der Waals surface area contributed by atoms with Gasteiger partial charge in [0.05, 0.1) is 11.5 Å². The maximum Gasteiger partial charge on any atom is 0.266 e. The van der Waals surface area contributed by atoms with Gasteiger partial charge in [-0.25, -0.2) is 9.37 Å². The molecule has 2 aromatic carbocycles. The molecule has 0 fully saturated rings. The van der Waals surface area contributed by atoms with E-state index in [1.54, 1.807) is 37.3 Å². The third-order valence-electron chi connectivity index (χ3n) is 4.01. The highest BCUT2D eigenvalue weighted by molar-refractivity contribution is 7.21. The van der Waals surface area contributed by atoms with E-state index in [2.05, 4.69) is 10.3 Å².